The zero-order chi connectivity index (χ0) is 24.8. The van der Waals surface area contributed by atoms with E-state index in [1.807, 2.05) is 22.8 Å². The summed E-state index contributed by atoms with van der Waals surface area (Å²) in [5, 5.41) is 20.2. The number of nitrogens with zero attached hydrogens (tertiary/aromatic N) is 4. The fourth-order valence-electron chi connectivity index (χ4n) is 3.76. The predicted molar refractivity (Wildman–Crippen MR) is 134 cm³/mol. The highest BCUT2D eigenvalue weighted by molar-refractivity contribution is 7.99. The number of Topliss-reactive ketones (excluding diaryl/α,β-unsaturated/α-hetero) is 1. The zero-order valence-electron chi connectivity index (χ0n) is 20.1. The van der Waals surface area contributed by atoms with Crippen molar-refractivity contribution in [2.24, 2.45) is 0 Å². The summed E-state index contributed by atoms with van der Waals surface area (Å²) in [7, 11) is 1.52. The lowest BCUT2D eigenvalue weighted by molar-refractivity contribution is 0.101. The molecule has 10 heteroatoms. The van der Waals surface area contributed by atoms with Crippen LogP contribution in [0.3, 0.4) is 0 Å². The van der Waals surface area contributed by atoms with Gasteiger partial charge in [0.15, 0.2) is 22.4 Å². The Kier molecular flexibility index (Phi) is 8.27. The second-order valence-electron chi connectivity index (χ2n) is 8.20. The number of methoxy groups -OCH3 is 1. The number of rotatable bonds is 10. The molecule has 1 atom stereocenters. The topological polar surface area (TPSA) is 98.9 Å². The lowest BCUT2D eigenvalue weighted by atomic mass is 10.1. The van der Waals surface area contributed by atoms with Crippen molar-refractivity contribution >= 4 is 23.5 Å². The van der Waals surface area contributed by atoms with E-state index in [0.29, 0.717) is 41.2 Å². The molecule has 1 N–H and O–H groups in total. The van der Waals surface area contributed by atoms with Crippen LogP contribution in [0.25, 0.3) is 5.69 Å². The minimum atomic E-state index is -0.758. The summed E-state index contributed by atoms with van der Waals surface area (Å²) in [6.45, 7) is 6.41. The van der Waals surface area contributed by atoms with Crippen molar-refractivity contribution in [3.05, 3.63) is 53.6 Å². The van der Waals surface area contributed by atoms with Gasteiger partial charge in [0.1, 0.15) is 6.61 Å². The minimum Gasteiger partial charge on any atom is -0.493 e. The average molecular weight is 499 g/mol. The summed E-state index contributed by atoms with van der Waals surface area (Å²) in [5.41, 5.74) is 2.65. The number of aryl methyl sites for hydroxylation is 1. The van der Waals surface area contributed by atoms with E-state index < -0.39 is 6.10 Å². The maximum atomic E-state index is 11.6. The molecule has 1 fully saturated rings. The van der Waals surface area contributed by atoms with Gasteiger partial charge in [-0.3, -0.25) is 9.36 Å². The molecular weight excluding hydrogens is 468 g/mol. The molecule has 3 aromatic rings. The van der Waals surface area contributed by atoms with Gasteiger partial charge < -0.3 is 24.2 Å². The van der Waals surface area contributed by atoms with Gasteiger partial charge in [0.05, 0.1) is 32.1 Å². The van der Waals surface area contributed by atoms with E-state index in [4.69, 9.17) is 14.2 Å². The SMILES string of the molecule is COc1cc(C(C)=O)ccc1OCC(O)CSc1nnc(N2CCOCC2)n1-c1ccccc1C. The fourth-order valence-corrected chi connectivity index (χ4v) is 4.60. The van der Waals surface area contributed by atoms with Crippen molar-refractivity contribution in [3.8, 4) is 17.2 Å². The molecule has 2 aromatic carbocycles. The van der Waals surface area contributed by atoms with Crippen molar-refractivity contribution < 1.29 is 24.1 Å². The number of aliphatic hydroxyl groups is 1. The highest BCUT2D eigenvalue weighted by Gasteiger charge is 2.23. The summed E-state index contributed by atoms with van der Waals surface area (Å²) >= 11 is 1.42. The van der Waals surface area contributed by atoms with Crippen LogP contribution in [0.2, 0.25) is 0 Å². The van der Waals surface area contributed by atoms with Gasteiger partial charge in [-0.15, -0.1) is 10.2 Å². The number of aromatic nitrogens is 3. The number of thioether (sulfide) groups is 1. The quantitative estimate of drug-likeness (QED) is 0.334. The molecule has 1 aliphatic rings. The first-order chi connectivity index (χ1) is 17.0. The summed E-state index contributed by atoms with van der Waals surface area (Å²) in [6, 6.07) is 13.1. The van der Waals surface area contributed by atoms with E-state index in [2.05, 4.69) is 28.1 Å². The third-order valence-electron chi connectivity index (χ3n) is 5.67. The van der Waals surface area contributed by atoms with Crippen molar-refractivity contribution in [2.45, 2.75) is 25.1 Å². The fraction of sp³-hybridized carbons (Fsp3) is 0.400. The summed E-state index contributed by atoms with van der Waals surface area (Å²) < 4.78 is 18.7. The molecule has 0 amide bonds. The average Bonchev–Trinajstić information content (AvgIpc) is 3.30. The van der Waals surface area contributed by atoms with E-state index in [-0.39, 0.29) is 12.4 Å². The van der Waals surface area contributed by atoms with E-state index in [9.17, 15) is 9.90 Å². The molecule has 1 unspecified atom stereocenters. The molecule has 0 bridgehead atoms. The van der Waals surface area contributed by atoms with Crippen molar-refractivity contribution in [3.63, 3.8) is 0 Å². The van der Waals surface area contributed by atoms with Crippen LogP contribution in [0.5, 0.6) is 11.5 Å². The maximum Gasteiger partial charge on any atom is 0.232 e. The number of ketones is 1. The third-order valence-corrected chi connectivity index (χ3v) is 6.75. The van der Waals surface area contributed by atoms with Crippen LogP contribution in [0, 0.1) is 6.92 Å². The van der Waals surface area contributed by atoms with Gasteiger partial charge in [0.25, 0.3) is 0 Å². The van der Waals surface area contributed by atoms with Crippen molar-refractivity contribution in [2.75, 3.05) is 50.7 Å². The highest BCUT2D eigenvalue weighted by atomic mass is 32.2. The van der Waals surface area contributed by atoms with Gasteiger partial charge in [-0.2, -0.15) is 0 Å². The molecule has 0 radical (unpaired) electrons. The third kappa shape index (κ3) is 5.95. The van der Waals surface area contributed by atoms with E-state index in [0.717, 1.165) is 30.3 Å². The van der Waals surface area contributed by atoms with Crippen LogP contribution in [0.1, 0.15) is 22.8 Å². The molecule has 9 nitrogen and oxygen atoms in total. The van der Waals surface area contributed by atoms with Gasteiger partial charge in [-0.1, -0.05) is 30.0 Å². The van der Waals surface area contributed by atoms with E-state index in [1.165, 1.54) is 25.8 Å². The Balaban J connectivity index is 1.46. The Labute approximate surface area is 209 Å². The van der Waals surface area contributed by atoms with Crippen LogP contribution < -0.4 is 14.4 Å². The molecule has 0 spiro atoms. The largest absolute Gasteiger partial charge is 0.493 e. The number of carbonyl (C=O) groups excluding carboxylic acids is 1. The van der Waals surface area contributed by atoms with Crippen LogP contribution in [0.4, 0.5) is 5.95 Å². The number of hydrogen-bond donors (Lipinski definition) is 1. The molecule has 1 saturated heterocycles. The van der Waals surface area contributed by atoms with Gasteiger partial charge in [0, 0.05) is 24.4 Å². The number of ether oxygens (including phenoxy) is 3. The zero-order valence-corrected chi connectivity index (χ0v) is 21.0. The van der Waals surface area contributed by atoms with Crippen LogP contribution >= 0.6 is 11.8 Å². The lowest BCUT2D eigenvalue weighted by Crippen LogP contribution is -2.38. The molecule has 0 saturated carbocycles. The number of morpholine rings is 1. The standard InChI is InChI=1S/C25H30N4O5S/c1-17-6-4-5-7-21(17)29-24(28-10-12-33-13-11-28)26-27-25(29)35-16-20(31)15-34-22-9-8-19(18(2)30)14-23(22)32-3/h4-9,14,20,31H,10-13,15-16H2,1-3H3. The highest BCUT2D eigenvalue weighted by Crippen LogP contribution is 2.31. The molecule has 1 aliphatic heterocycles. The lowest BCUT2D eigenvalue weighted by Gasteiger charge is -2.28. The number of para-hydroxylation sites is 1. The van der Waals surface area contributed by atoms with E-state index in [1.54, 1.807) is 18.2 Å². The molecule has 1 aromatic heterocycles. The summed E-state index contributed by atoms with van der Waals surface area (Å²) in [4.78, 5) is 13.8. The Morgan fingerprint density at radius 2 is 1.94 bits per heavy atom. The van der Waals surface area contributed by atoms with Gasteiger partial charge in [0.2, 0.25) is 5.95 Å². The van der Waals surface area contributed by atoms with E-state index >= 15 is 0 Å². The number of carbonyl (C=O) groups is 1. The second kappa shape index (κ2) is 11.6. The Bertz CT molecular complexity index is 1160. The molecular formula is C25H30N4O5S. The summed E-state index contributed by atoms with van der Waals surface area (Å²) in [5.74, 6) is 2.00. The number of hydrogen-bond acceptors (Lipinski definition) is 9. The molecule has 0 aliphatic carbocycles. The summed E-state index contributed by atoms with van der Waals surface area (Å²) in [6.07, 6.45) is -0.758. The van der Waals surface area contributed by atoms with Crippen molar-refractivity contribution in [1.29, 1.82) is 0 Å². The molecule has 4 rings (SSSR count). The Hall–Kier alpha value is -3.08. The molecule has 35 heavy (non-hydrogen) atoms. The normalized spacial score (nSPS) is 14.6. The van der Waals surface area contributed by atoms with Gasteiger partial charge >= 0.3 is 0 Å². The smallest absolute Gasteiger partial charge is 0.232 e. The molecule has 186 valence electrons. The van der Waals surface area contributed by atoms with Gasteiger partial charge in [-0.05, 0) is 43.7 Å². The predicted octanol–water partition coefficient (Wildman–Crippen LogP) is 3.16. The maximum absolute atomic E-state index is 11.6. The number of anilines is 1. The first-order valence-electron chi connectivity index (χ1n) is 11.4. The van der Waals surface area contributed by atoms with Crippen molar-refractivity contribution in [1.82, 2.24) is 14.8 Å². The monoisotopic (exact) mass is 498 g/mol. The van der Waals surface area contributed by atoms with Crippen LogP contribution in [-0.2, 0) is 4.74 Å². The Morgan fingerprint density at radius 3 is 2.66 bits per heavy atom. The Morgan fingerprint density at radius 1 is 1.17 bits per heavy atom. The first-order valence-corrected chi connectivity index (χ1v) is 12.4. The van der Waals surface area contributed by atoms with Crippen LogP contribution in [0.15, 0.2) is 47.6 Å². The first kappa shape index (κ1) is 25.0. The van der Waals surface area contributed by atoms with Crippen LogP contribution in [-0.4, -0.2) is 77.5 Å². The molecule has 2 heterocycles. The second-order valence-corrected chi connectivity index (χ2v) is 9.19. The number of aliphatic hydroxyl groups excluding tert-OH is 1. The number of benzene rings is 2. The minimum absolute atomic E-state index is 0.0551. The van der Waals surface area contributed by atoms with Gasteiger partial charge in [-0.25, -0.2) is 0 Å².